The van der Waals surface area contributed by atoms with Crippen LogP contribution in [0.3, 0.4) is 0 Å². The first-order valence-corrected chi connectivity index (χ1v) is 13.5. The Morgan fingerprint density at radius 3 is 2.59 bits per heavy atom. The van der Waals surface area contributed by atoms with Crippen LogP contribution in [0.1, 0.15) is 72.2 Å². The highest BCUT2D eigenvalue weighted by Gasteiger charge is 2.28. The van der Waals surface area contributed by atoms with Crippen LogP contribution >= 0.6 is 0 Å². The predicted octanol–water partition coefficient (Wildman–Crippen LogP) is 6.18. The molecule has 39 heavy (non-hydrogen) atoms. The maximum Gasteiger partial charge on any atom is 0.337 e. The quantitative estimate of drug-likeness (QED) is 0.243. The lowest BCUT2D eigenvalue weighted by Gasteiger charge is -2.23. The Morgan fingerprint density at radius 1 is 1.10 bits per heavy atom. The molecule has 1 unspecified atom stereocenters. The zero-order valence-corrected chi connectivity index (χ0v) is 22.8. The van der Waals surface area contributed by atoms with E-state index in [1.54, 1.807) is 30.3 Å². The maximum atomic E-state index is 12.6. The van der Waals surface area contributed by atoms with Gasteiger partial charge in [-0.15, -0.1) is 0 Å². The summed E-state index contributed by atoms with van der Waals surface area (Å²) < 4.78 is 4.74. The fourth-order valence-corrected chi connectivity index (χ4v) is 5.15. The molecule has 0 aliphatic carbocycles. The number of phenols is 1. The molecule has 1 fully saturated rings. The number of aryl methyl sites for hydroxylation is 1. The first-order valence-electron chi connectivity index (χ1n) is 13.5. The van der Waals surface area contributed by atoms with Gasteiger partial charge in [0.1, 0.15) is 5.75 Å². The smallest absolute Gasteiger partial charge is 0.337 e. The summed E-state index contributed by atoms with van der Waals surface area (Å²) in [5.74, 6) is 0.267. The molecular weight excluding hydrogens is 490 g/mol. The highest BCUT2D eigenvalue weighted by atomic mass is 16.5. The van der Waals surface area contributed by atoms with E-state index in [-0.39, 0.29) is 29.6 Å². The van der Waals surface area contributed by atoms with Crippen LogP contribution in [0.4, 0.5) is 0 Å². The van der Waals surface area contributed by atoms with E-state index in [1.807, 2.05) is 53.4 Å². The van der Waals surface area contributed by atoms with Gasteiger partial charge in [-0.05, 0) is 83.3 Å². The predicted molar refractivity (Wildman–Crippen MR) is 153 cm³/mol. The largest absolute Gasteiger partial charge is 0.508 e. The number of nitrogens with zero attached hydrogens (tertiary/aromatic N) is 1. The van der Waals surface area contributed by atoms with Crippen LogP contribution in [0, 0.1) is 0 Å². The second-order valence-electron chi connectivity index (χ2n) is 10.4. The number of amides is 1. The van der Waals surface area contributed by atoms with Crippen molar-refractivity contribution in [1.29, 1.82) is 0 Å². The SMILES string of the molecule is COC(=O)c1ccc(CCCN2C(=O)CC[C@@H]2/C=C/C(O)c2cccc(-c3ccc(O)cc3C(C)C)c2)cc1. The van der Waals surface area contributed by atoms with E-state index in [9.17, 15) is 19.8 Å². The van der Waals surface area contributed by atoms with Crippen molar-refractivity contribution in [1.82, 2.24) is 4.90 Å². The van der Waals surface area contributed by atoms with E-state index in [0.29, 0.717) is 18.5 Å². The van der Waals surface area contributed by atoms with Gasteiger partial charge >= 0.3 is 5.97 Å². The number of likely N-dealkylation sites (tertiary alicyclic amines) is 1. The highest BCUT2D eigenvalue weighted by Crippen LogP contribution is 2.33. The minimum Gasteiger partial charge on any atom is -0.508 e. The summed E-state index contributed by atoms with van der Waals surface area (Å²) >= 11 is 0. The number of hydrogen-bond acceptors (Lipinski definition) is 5. The van der Waals surface area contributed by atoms with Crippen molar-refractivity contribution in [2.24, 2.45) is 0 Å². The Hall–Kier alpha value is -3.90. The molecule has 6 heteroatoms. The highest BCUT2D eigenvalue weighted by molar-refractivity contribution is 5.89. The number of aliphatic hydroxyl groups is 1. The van der Waals surface area contributed by atoms with Crippen LogP contribution in [0.5, 0.6) is 5.75 Å². The molecule has 2 N–H and O–H groups in total. The number of carbonyl (C=O) groups is 2. The molecule has 0 aromatic heterocycles. The molecule has 3 aromatic rings. The van der Waals surface area contributed by atoms with Gasteiger partial charge in [0.2, 0.25) is 5.91 Å². The van der Waals surface area contributed by atoms with E-state index in [2.05, 4.69) is 13.8 Å². The third kappa shape index (κ3) is 6.95. The van der Waals surface area contributed by atoms with Gasteiger partial charge in [0.05, 0.1) is 24.8 Å². The normalized spacial score (nSPS) is 16.3. The molecule has 1 aliphatic rings. The summed E-state index contributed by atoms with van der Waals surface area (Å²) in [5, 5.41) is 20.9. The van der Waals surface area contributed by atoms with Gasteiger partial charge in [-0.3, -0.25) is 4.79 Å². The van der Waals surface area contributed by atoms with Crippen LogP contribution in [0.25, 0.3) is 11.1 Å². The molecule has 204 valence electrons. The second-order valence-corrected chi connectivity index (χ2v) is 10.4. The van der Waals surface area contributed by atoms with Crippen molar-refractivity contribution in [2.45, 2.75) is 57.6 Å². The lowest BCUT2D eigenvalue weighted by molar-refractivity contribution is -0.128. The number of carbonyl (C=O) groups excluding carboxylic acids is 2. The van der Waals surface area contributed by atoms with Crippen LogP contribution in [0.2, 0.25) is 0 Å². The molecule has 0 bridgehead atoms. The van der Waals surface area contributed by atoms with Gasteiger partial charge in [0.25, 0.3) is 0 Å². The summed E-state index contributed by atoms with van der Waals surface area (Å²) in [6.45, 7) is 4.82. The van der Waals surface area contributed by atoms with E-state index < -0.39 is 6.10 Å². The van der Waals surface area contributed by atoms with Crippen LogP contribution in [-0.4, -0.2) is 46.7 Å². The van der Waals surface area contributed by atoms with Gasteiger partial charge in [-0.2, -0.15) is 0 Å². The summed E-state index contributed by atoms with van der Waals surface area (Å²) in [5.41, 5.74) is 5.48. The molecule has 1 aliphatic heterocycles. The Balaban J connectivity index is 1.39. The molecule has 3 aromatic carbocycles. The molecule has 0 spiro atoms. The molecular formula is C33H37NO5. The van der Waals surface area contributed by atoms with Crippen molar-refractivity contribution < 1.29 is 24.5 Å². The summed E-state index contributed by atoms with van der Waals surface area (Å²) in [6, 6.07) is 20.5. The Bertz CT molecular complexity index is 1330. The maximum absolute atomic E-state index is 12.6. The van der Waals surface area contributed by atoms with Crippen LogP contribution in [0.15, 0.2) is 78.9 Å². The summed E-state index contributed by atoms with van der Waals surface area (Å²) in [6.07, 6.45) is 5.79. The van der Waals surface area contributed by atoms with Crippen molar-refractivity contribution in [2.75, 3.05) is 13.7 Å². The van der Waals surface area contributed by atoms with Crippen molar-refractivity contribution in [3.63, 3.8) is 0 Å². The van der Waals surface area contributed by atoms with Gasteiger partial charge in [-0.25, -0.2) is 4.79 Å². The first-order chi connectivity index (χ1) is 18.8. The van der Waals surface area contributed by atoms with Gasteiger partial charge < -0.3 is 19.8 Å². The standard InChI is InChI=1S/C33H37NO5/c1-22(2)30-21-28(35)15-16-29(30)25-7-4-8-26(20-25)31(36)17-13-27-14-18-32(37)34(27)19-5-6-23-9-11-24(12-10-23)33(38)39-3/h4,7-13,15-17,20-22,27,31,35-36H,5-6,14,18-19H2,1-3H3/b17-13+/t27-,31?/m0/s1. The van der Waals surface area contributed by atoms with Gasteiger partial charge in [0.15, 0.2) is 0 Å². The number of methoxy groups -OCH3 is 1. The average Bonchev–Trinajstić information content (AvgIpc) is 3.30. The van der Waals surface area contributed by atoms with Crippen LogP contribution < -0.4 is 0 Å². The minimum atomic E-state index is -0.796. The number of esters is 1. The molecule has 4 rings (SSSR count). The lowest BCUT2D eigenvalue weighted by atomic mass is 9.91. The topological polar surface area (TPSA) is 87.1 Å². The fraction of sp³-hybridized carbons (Fsp3) is 0.333. The average molecular weight is 528 g/mol. The molecule has 0 saturated carbocycles. The van der Waals surface area contributed by atoms with Crippen LogP contribution in [-0.2, 0) is 16.0 Å². The van der Waals surface area contributed by atoms with Crippen molar-refractivity contribution >= 4 is 11.9 Å². The zero-order valence-electron chi connectivity index (χ0n) is 22.8. The van der Waals surface area contributed by atoms with Gasteiger partial charge in [-0.1, -0.05) is 62.4 Å². The van der Waals surface area contributed by atoms with Crippen molar-refractivity contribution in [3.8, 4) is 16.9 Å². The van der Waals surface area contributed by atoms with E-state index in [0.717, 1.165) is 47.1 Å². The van der Waals surface area contributed by atoms with E-state index >= 15 is 0 Å². The Labute approximate surface area is 230 Å². The van der Waals surface area contributed by atoms with E-state index in [4.69, 9.17) is 4.74 Å². The third-order valence-corrected chi connectivity index (χ3v) is 7.33. The third-order valence-electron chi connectivity index (χ3n) is 7.33. The molecule has 1 saturated heterocycles. The fourth-order valence-electron chi connectivity index (χ4n) is 5.15. The first kappa shape index (κ1) is 28.1. The zero-order chi connectivity index (χ0) is 27.9. The Kier molecular flexibility index (Phi) is 9.20. The van der Waals surface area contributed by atoms with E-state index in [1.165, 1.54) is 7.11 Å². The number of aromatic hydroxyl groups is 1. The molecule has 1 amide bonds. The number of aliphatic hydroxyl groups excluding tert-OH is 1. The Morgan fingerprint density at radius 2 is 1.87 bits per heavy atom. The minimum absolute atomic E-state index is 0.0401. The molecule has 1 heterocycles. The van der Waals surface area contributed by atoms with Gasteiger partial charge in [0, 0.05) is 13.0 Å². The van der Waals surface area contributed by atoms with Crippen molar-refractivity contribution in [3.05, 3.63) is 101 Å². The lowest BCUT2D eigenvalue weighted by Crippen LogP contribution is -2.33. The number of phenolic OH excluding ortho intramolecular Hbond substituents is 1. The molecule has 6 nitrogen and oxygen atoms in total. The second kappa shape index (κ2) is 12.8. The number of ether oxygens (including phenoxy) is 1. The summed E-state index contributed by atoms with van der Waals surface area (Å²) in [4.78, 5) is 26.1. The summed E-state index contributed by atoms with van der Waals surface area (Å²) in [7, 11) is 1.37. The number of benzene rings is 3. The molecule has 0 radical (unpaired) electrons. The monoisotopic (exact) mass is 527 g/mol. The molecule has 2 atom stereocenters. The number of hydrogen-bond donors (Lipinski definition) is 2. The number of rotatable bonds is 10.